The Balaban J connectivity index is 0.000000109. The molecule has 0 saturated carbocycles. The molecule has 0 aliphatic rings. The zero-order chi connectivity index (χ0) is 93.2. The molecule has 22 aromatic carbocycles. The number of fused-ring (bicyclic) bond motifs is 15. The van der Waals surface area contributed by atoms with Gasteiger partial charge < -0.3 is 13.3 Å². The number of benzene rings is 22. The Morgan fingerprint density at radius 1 is 0.113 bits per heavy atom. The van der Waals surface area contributed by atoms with Crippen molar-refractivity contribution in [2.45, 2.75) is 0 Å². The number of nitrogens with zero attached hydrogens (tertiary/aromatic N) is 9. The summed E-state index contributed by atoms with van der Waals surface area (Å²) in [4.78, 5) is 45.7. The predicted octanol–water partition coefficient (Wildman–Crippen LogP) is 33.9. The summed E-state index contributed by atoms with van der Waals surface area (Å²) in [6.45, 7) is 0. The molecule has 0 radical (unpaired) electrons. The molecular weight excluding hydrogens is 1720 g/mol. The number of furan rings is 3. The van der Waals surface area contributed by atoms with Crippen LogP contribution >= 0.6 is 0 Å². The third-order valence-electron chi connectivity index (χ3n) is 26.8. The average Bonchev–Trinajstić information content (AvgIpc) is 1.41. The van der Waals surface area contributed by atoms with E-state index in [1.165, 1.54) is 21.7 Å². The van der Waals surface area contributed by atoms with E-state index in [9.17, 15) is 0 Å². The van der Waals surface area contributed by atoms with Gasteiger partial charge in [0, 0.05) is 82.4 Å². The fraction of sp³-hybridized carbons (Fsp3) is 0. The van der Waals surface area contributed by atoms with Gasteiger partial charge in [-0.25, -0.2) is 44.9 Å². The Kier molecular flexibility index (Phi) is 20.6. The lowest BCUT2D eigenvalue weighted by atomic mass is 9.93. The van der Waals surface area contributed by atoms with Crippen molar-refractivity contribution in [3.8, 4) is 147 Å². The van der Waals surface area contributed by atoms with Crippen molar-refractivity contribution in [2.24, 2.45) is 0 Å². The maximum atomic E-state index is 6.26. The van der Waals surface area contributed by atoms with E-state index in [1.54, 1.807) is 0 Å². The molecule has 0 atom stereocenters. The number of rotatable bonds is 13. The highest BCUT2D eigenvalue weighted by molar-refractivity contribution is 6.20. The van der Waals surface area contributed by atoms with Gasteiger partial charge in [-0.3, -0.25) is 0 Å². The summed E-state index contributed by atoms with van der Waals surface area (Å²) in [6.07, 6.45) is 0. The molecule has 28 rings (SSSR count). The standard InChI is InChI=1S/C45H27N3O.C43H27N3O.C41H25N3O/c1-3-12-30-26-32(24-22-28(30)10-1)43-46-44(33-25-23-29-11-2-4-13-31(29)27-33)48-45(47-43)38-19-8-15-34-35(16-7-17-36(34)38)37-18-9-21-41-42(37)39-14-5-6-20-40(39)49-41;1-3-12-28(13-4-1)29-24-26-31(27-25-29)42-44-41(30-14-5-2-6-15-30)45-43(46-42)36-21-10-17-32-33(18-9-19-34(32)36)35-20-11-23-39-40(35)37-16-7-8-22-38(37)47-39;1-2-12-27(13-3-1)39-42-40(29-24-23-26-11-4-5-14-28(26)25-29)44-41(43-39)34-20-9-16-30-31(17-8-18-32(30)34)33-19-10-22-37-38(33)35-15-6-7-21-36(35)45-37/h1-27H;1-27H;1-25H. The highest BCUT2D eigenvalue weighted by atomic mass is 16.3. The van der Waals surface area contributed by atoms with Crippen LogP contribution in [0.25, 0.3) is 277 Å². The molecule has 0 saturated heterocycles. The van der Waals surface area contributed by atoms with Crippen LogP contribution in [-0.2, 0) is 0 Å². The summed E-state index contributed by atoms with van der Waals surface area (Å²) < 4.78 is 18.7. The third-order valence-corrected chi connectivity index (χ3v) is 26.8. The van der Waals surface area contributed by atoms with Crippen molar-refractivity contribution in [3.63, 3.8) is 0 Å². The molecule has 0 unspecified atom stereocenters. The maximum absolute atomic E-state index is 6.26. The smallest absolute Gasteiger partial charge is 0.164 e. The van der Waals surface area contributed by atoms with E-state index in [2.05, 4.69) is 358 Å². The Labute approximate surface area is 809 Å². The largest absolute Gasteiger partial charge is 0.456 e. The SMILES string of the molecule is c1ccc(-c2ccc(-c3nc(-c4ccccc4)nc(-c4cccc5c(-c6cccc7oc8ccccc8c67)cccc45)n3)cc2)cc1.c1ccc(-c2nc(-c3ccc4ccccc4c3)nc(-c3cccc4c(-c5cccc6oc7ccccc7c56)cccc34)n2)cc1.c1ccc2cc(-c3nc(-c4ccc5ccccc5c4)nc(-c4cccc5c(-c6cccc7oc8ccccc8c67)cccc45)n3)ccc2c1. The second kappa shape index (κ2) is 35.3. The first-order valence-electron chi connectivity index (χ1n) is 47.2. The molecule has 0 fully saturated rings. The number of para-hydroxylation sites is 3. The fourth-order valence-electron chi connectivity index (χ4n) is 20.1. The first-order valence-corrected chi connectivity index (χ1v) is 47.2. The summed E-state index contributed by atoms with van der Waals surface area (Å²) in [5, 5.41) is 20.3. The molecule has 0 bridgehead atoms. The fourth-order valence-corrected chi connectivity index (χ4v) is 20.1. The molecular formula is C129H79N9O3. The summed E-state index contributed by atoms with van der Waals surface area (Å²) in [5.74, 6) is 5.76. The zero-order valence-corrected chi connectivity index (χ0v) is 75.9. The molecule has 0 amide bonds. The molecule has 12 heteroatoms. The van der Waals surface area contributed by atoms with Gasteiger partial charge in [-0.2, -0.15) is 0 Å². The lowest BCUT2D eigenvalue weighted by Crippen LogP contribution is -2.01. The highest BCUT2D eigenvalue weighted by Crippen LogP contribution is 2.47. The lowest BCUT2D eigenvalue weighted by Gasteiger charge is -2.13. The molecule has 28 aromatic rings. The Morgan fingerprint density at radius 3 is 0.631 bits per heavy atom. The van der Waals surface area contributed by atoms with E-state index in [0.29, 0.717) is 52.4 Å². The molecule has 658 valence electrons. The second-order valence-corrected chi connectivity index (χ2v) is 35.2. The van der Waals surface area contributed by atoms with Crippen molar-refractivity contribution in [3.05, 3.63) is 479 Å². The van der Waals surface area contributed by atoms with E-state index >= 15 is 0 Å². The zero-order valence-electron chi connectivity index (χ0n) is 75.9. The molecule has 12 nitrogen and oxygen atoms in total. The Morgan fingerprint density at radius 2 is 0.312 bits per heavy atom. The molecule has 0 aliphatic heterocycles. The van der Waals surface area contributed by atoms with Gasteiger partial charge in [0.1, 0.15) is 33.5 Å². The van der Waals surface area contributed by atoms with Crippen LogP contribution in [0.2, 0.25) is 0 Å². The van der Waals surface area contributed by atoms with Crippen LogP contribution in [0.4, 0.5) is 0 Å². The van der Waals surface area contributed by atoms with Crippen LogP contribution in [-0.4, -0.2) is 44.9 Å². The van der Waals surface area contributed by atoms with Gasteiger partial charge in [0.2, 0.25) is 0 Å². The van der Waals surface area contributed by atoms with Crippen molar-refractivity contribution < 1.29 is 13.3 Å². The number of aromatic nitrogens is 9. The van der Waals surface area contributed by atoms with Crippen LogP contribution in [0.5, 0.6) is 0 Å². The third kappa shape index (κ3) is 15.3. The minimum absolute atomic E-state index is 0.635. The first kappa shape index (κ1) is 82.5. The Bertz CT molecular complexity index is 9690. The summed E-state index contributed by atoms with van der Waals surface area (Å²) in [6, 6.07) is 165. The van der Waals surface area contributed by atoms with Gasteiger partial charge in [-0.1, -0.05) is 425 Å². The topological polar surface area (TPSA) is 155 Å². The predicted molar refractivity (Wildman–Crippen MR) is 577 cm³/mol. The van der Waals surface area contributed by atoms with Crippen LogP contribution in [0, 0.1) is 0 Å². The van der Waals surface area contributed by atoms with E-state index in [0.717, 1.165) is 203 Å². The van der Waals surface area contributed by atoms with Crippen LogP contribution in [0.3, 0.4) is 0 Å². The van der Waals surface area contributed by atoms with Gasteiger partial charge in [-0.05, 0) is 164 Å². The van der Waals surface area contributed by atoms with Gasteiger partial charge in [0.15, 0.2) is 52.4 Å². The van der Waals surface area contributed by atoms with Crippen LogP contribution < -0.4 is 0 Å². The van der Waals surface area contributed by atoms with Crippen LogP contribution in [0.1, 0.15) is 0 Å². The lowest BCUT2D eigenvalue weighted by molar-refractivity contribution is 0.668. The van der Waals surface area contributed by atoms with Gasteiger partial charge >= 0.3 is 0 Å². The van der Waals surface area contributed by atoms with Crippen molar-refractivity contribution >= 4 is 130 Å². The average molecular weight is 1800 g/mol. The second-order valence-electron chi connectivity index (χ2n) is 35.2. The van der Waals surface area contributed by atoms with Gasteiger partial charge in [0.25, 0.3) is 0 Å². The van der Waals surface area contributed by atoms with Crippen molar-refractivity contribution in [2.75, 3.05) is 0 Å². The number of hydrogen-bond donors (Lipinski definition) is 0. The molecule has 6 heterocycles. The van der Waals surface area contributed by atoms with E-state index in [1.807, 2.05) is 121 Å². The van der Waals surface area contributed by atoms with Crippen molar-refractivity contribution in [1.29, 1.82) is 0 Å². The minimum atomic E-state index is 0.635. The monoisotopic (exact) mass is 1800 g/mol. The normalized spacial score (nSPS) is 11.5. The minimum Gasteiger partial charge on any atom is -0.456 e. The molecule has 6 aromatic heterocycles. The summed E-state index contributed by atoms with van der Waals surface area (Å²) in [7, 11) is 0. The van der Waals surface area contributed by atoms with Gasteiger partial charge in [0.05, 0.1) is 0 Å². The number of hydrogen-bond acceptors (Lipinski definition) is 12. The summed E-state index contributed by atoms with van der Waals surface area (Å²) >= 11 is 0. The van der Waals surface area contributed by atoms with E-state index < -0.39 is 0 Å². The first-order chi connectivity index (χ1) is 69.9. The maximum Gasteiger partial charge on any atom is 0.164 e. The van der Waals surface area contributed by atoms with E-state index in [4.69, 9.17) is 58.1 Å². The van der Waals surface area contributed by atoms with E-state index in [-0.39, 0.29) is 0 Å². The molecule has 0 N–H and O–H groups in total. The quantitative estimate of drug-likeness (QED) is 0.108. The van der Waals surface area contributed by atoms with Crippen LogP contribution in [0.15, 0.2) is 492 Å². The molecule has 141 heavy (non-hydrogen) atoms. The van der Waals surface area contributed by atoms with Crippen molar-refractivity contribution in [1.82, 2.24) is 44.9 Å². The Hall–Kier alpha value is -19.2. The molecule has 0 aliphatic carbocycles. The van der Waals surface area contributed by atoms with Gasteiger partial charge in [-0.15, -0.1) is 0 Å². The molecule has 0 spiro atoms. The highest BCUT2D eigenvalue weighted by Gasteiger charge is 2.25. The summed E-state index contributed by atoms with van der Waals surface area (Å²) in [5.41, 5.74) is 23.0.